The number of anilines is 1. The van der Waals surface area contributed by atoms with E-state index in [1.165, 1.54) is 11.6 Å². The van der Waals surface area contributed by atoms with Crippen molar-refractivity contribution in [2.24, 2.45) is 0 Å². The Balaban J connectivity index is 1.84. The maximum atomic E-state index is 13.9. The molecule has 1 aromatic heterocycles. The number of aryl methyl sites for hydroxylation is 2. The molecule has 0 spiro atoms. The fourth-order valence-electron chi connectivity index (χ4n) is 3.28. The summed E-state index contributed by atoms with van der Waals surface area (Å²) in [5.41, 5.74) is 5.29. The second-order valence-electron chi connectivity index (χ2n) is 6.81. The lowest BCUT2D eigenvalue weighted by Crippen LogP contribution is -2.14. The van der Waals surface area contributed by atoms with E-state index in [-0.39, 0.29) is 11.6 Å². The summed E-state index contributed by atoms with van der Waals surface area (Å²) < 4.78 is 13.9. The topological polar surface area (TPSA) is 42.0 Å². The third-order valence-electron chi connectivity index (χ3n) is 4.70. The number of halogens is 1. The molecule has 4 heteroatoms. The first-order valence-electron chi connectivity index (χ1n) is 9.06. The third-order valence-corrected chi connectivity index (χ3v) is 4.70. The van der Waals surface area contributed by atoms with Gasteiger partial charge in [0.15, 0.2) is 0 Å². The Morgan fingerprint density at radius 1 is 0.929 bits per heavy atom. The number of carbonyl (C=O) groups is 1. The fraction of sp³-hybridized carbons (Fsp3) is 0.0833. The molecule has 0 aliphatic heterocycles. The molecule has 4 rings (SSSR count). The number of nitrogens with zero attached hydrogens (tertiary/aromatic N) is 1. The Morgan fingerprint density at radius 2 is 1.68 bits per heavy atom. The number of para-hydroxylation sites is 2. The zero-order chi connectivity index (χ0) is 19.7. The van der Waals surface area contributed by atoms with Crippen molar-refractivity contribution in [2.75, 3.05) is 5.32 Å². The van der Waals surface area contributed by atoms with E-state index >= 15 is 0 Å². The molecule has 3 aromatic carbocycles. The van der Waals surface area contributed by atoms with Crippen LogP contribution in [-0.4, -0.2) is 10.9 Å². The smallest absolute Gasteiger partial charge is 0.256 e. The van der Waals surface area contributed by atoms with Crippen LogP contribution in [0.25, 0.3) is 22.0 Å². The molecule has 4 aromatic rings. The molecule has 0 radical (unpaired) electrons. The number of amides is 1. The van der Waals surface area contributed by atoms with E-state index in [4.69, 9.17) is 0 Å². The van der Waals surface area contributed by atoms with Crippen LogP contribution in [0.3, 0.4) is 0 Å². The summed E-state index contributed by atoms with van der Waals surface area (Å²) in [7, 11) is 0. The molecule has 28 heavy (non-hydrogen) atoms. The molecule has 0 aliphatic carbocycles. The van der Waals surface area contributed by atoms with Gasteiger partial charge in [-0.15, -0.1) is 0 Å². The molecular weight excluding hydrogens is 351 g/mol. The zero-order valence-corrected chi connectivity index (χ0v) is 15.7. The molecule has 1 N–H and O–H groups in total. The summed E-state index contributed by atoms with van der Waals surface area (Å²) in [6, 6.07) is 21.8. The summed E-state index contributed by atoms with van der Waals surface area (Å²) in [5, 5.41) is 3.40. The summed E-state index contributed by atoms with van der Waals surface area (Å²) >= 11 is 0. The number of pyridine rings is 1. The van der Waals surface area contributed by atoms with Crippen molar-refractivity contribution in [1.82, 2.24) is 4.98 Å². The number of rotatable bonds is 3. The van der Waals surface area contributed by atoms with Crippen LogP contribution in [0.5, 0.6) is 0 Å². The number of aromatic nitrogens is 1. The molecule has 138 valence electrons. The molecular formula is C24H19FN2O. The van der Waals surface area contributed by atoms with E-state index in [1.54, 1.807) is 24.3 Å². The maximum absolute atomic E-state index is 13.9. The van der Waals surface area contributed by atoms with Gasteiger partial charge in [0, 0.05) is 16.6 Å². The second-order valence-corrected chi connectivity index (χ2v) is 6.81. The fourth-order valence-corrected chi connectivity index (χ4v) is 3.28. The molecule has 3 nitrogen and oxygen atoms in total. The van der Waals surface area contributed by atoms with Crippen molar-refractivity contribution in [3.05, 3.63) is 95.4 Å². The van der Waals surface area contributed by atoms with Gasteiger partial charge in [-0.2, -0.15) is 0 Å². The van der Waals surface area contributed by atoms with Crippen LogP contribution in [0.1, 0.15) is 21.6 Å². The van der Waals surface area contributed by atoms with Gasteiger partial charge in [0.05, 0.1) is 16.8 Å². The average Bonchev–Trinajstić information content (AvgIpc) is 2.69. The van der Waals surface area contributed by atoms with Gasteiger partial charge < -0.3 is 5.32 Å². The van der Waals surface area contributed by atoms with Crippen LogP contribution >= 0.6 is 0 Å². The highest BCUT2D eigenvalue weighted by molar-refractivity contribution is 6.14. The van der Waals surface area contributed by atoms with Gasteiger partial charge in [0.25, 0.3) is 5.91 Å². The van der Waals surface area contributed by atoms with E-state index in [2.05, 4.69) is 22.4 Å². The Morgan fingerprint density at radius 3 is 2.43 bits per heavy atom. The molecule has 0 unspecified atom stereocenters. The van der Waals surface area contributed by atoms with E-state index in [1.807, 2.05) is 44.2 Å². The van der Waals surface area contributed by atoms with Crippen LogP contribution in [0, 0.1) is 19.7 Å². The predicted molar refractivity (Wildman–Crippen MR) is 111 cm³/mol. The predicted octanol–water partition coefficient (Wildman–Crippen LogP) is 5.91. The molecule has 0 saturated heterocycles. The van der Waals surface area contributed by atoms with Crippen LogP contribution in [0.15, 0.2) is 72.8 Å². The van der Waals surface area contributed by atoms with Crippen LogP contribution < -0.4 is 5.32 Å². The van der Waals surface area contributed by atoms with Gasteiger partial charge >= 0.3 is 0 Å². The number of carbonyl (C=O) groups excluding carboxylic acids is 1. The minimum Gasteiger partial charge on any atom is -0.319 e. The first kappa shape index (κ1) is 17.9. The van der Waals surface area contributed by atoms with Gasteiger partial charge in [-0.1, -0.05) is 60.2 Å². The van der Waals surface area contributed by atoms with Crippen LogP contribution in [-0.2, 0) is 0 Å². The van der Waals surface area contributed by atoms with Crippen molar-refractivity contribution >= 4 is 22.5 Å². The molecule has 0 aliphatic rings. The highest BCUT2D eigenvalue weighted by atomic mass is 19.1. The number of hydrogen-bond donors (Lipinski definition) is 1. The van der Waals surface area contributed by atoms with Crippen molar-refractivity contribution < 1.29 is 9.18 Å². The summed E-state index contributed by atoms with van der Waals surface area (Å²) in [4.78, 5) is 17.6. The van der Waals surface area contributed by atoms with Crippen molar-refractivity contribution in [1.29, 1.82) is 0 Å². The summed E-state index contributed by atoms with van der Waals surface area (Å²) in [6.45, 7) is 3.89. The van der Waals surface area contributed by atoms with E-state index in [0.29, 0.717) is 5.56 Å². The molecule has 0 saturated carbocycles. The number of fused-ring (bicyclic) bond motifs is 1. The Hall–Kier alpha value is -3.53. The van der Waals surface area contributed by atoms with Gasteiger partial charge in [0.2, 0.25) is 0 Å². The second kappa shape index (κ2) is 7.24. The number of benzene rings is 3. The summed E-state index contributed by atoms with van der Waals surface area (Å²) in [6.07, 6.45) is 0. The molecule has 1 amide bonds. The van der Waals surface area contributed by atoms with E-state index < -0.39 is 5.82 Å². The van der Waals surface area contributed by atoms with Crippen LogP contribution in [0.2, 0.25) is 0 Å². The lowest BCUT2D eigenvalue weighted by Gasteiger charge is -2.12. The van der Waals surface area contributed by atoms with Crippen molar-refractivity contribution in [2.45, 2.75) is 13.8 Å². The Labute approximate surface area is 162 Å². The van der Waals surface area contributed by atoms with Crippen LogP contribution in [0.4, 0.5) is 10.1 Å². The van der Waals surface area contributed by atoms with Gasteiger partial charge in [-0.05, 0) is 37.6 Å². The molecule has 0 bridgehead atoms. The zero-order valence-electron chi connectivity index (χ0n) is 15.7. The first-order valence-corrected chi connectivity index (χ1v) is 9.06. The molecule has 0 fully saturated rings. The van der Waals surface area contributed by atoms with Crippen molar-refractivity contribution in [3.8, 4) is 11.1 Å². The Bertz CT molecular complexity index is 1180. The summed E-state index contributed by atoms with van der Waals surface area (Å²) in [5.74, 6) is -0.826. The van der Waals surface area contributed by atoms with E-state index in [9.17, 15) is 9.18 Å². The average molecular weight is 370 g/mol. The van der Waals surface area contributed by atoms with Crippen molar-refractivity contribution in [3.63, 3.8) is 0 Å². The minimum atomic E-state index is -0.466. The van der Waals surface area contributed by atoms with Gasteiger partial charge in [0.1, 0.15) is 5.82 Å². The normalized spacial score (nSPS) is 10.8. The highest BCUT2D eigenvalue weighted by Crippen LogP contribution is 2.30. The highest BCUT2D eigenvalue weighted by Gasteiger charge is 2.16. The maximum Gasteiger partial charge on any atom is 0.256 e. The number of nitrogens with one attached hydrogen (secondary N) is 1. The molecule has 0 atom stereocenters. The van der Waals surface area contributed by atoms with Gasteiger partial charge in [-0.25, -0.2) is 4.39 Å². The molecule has 1 heterocycles. The standard InChI is InChI=1S/C24H19FN2O/c1-15-10-12-17(13-11-15)18-6-5-7-19-20(14-16(2)26-23(18)19)24(28)27-22-9-4-3-8-21(22)25/h3-14H,1-2H3,(H,27,28). The minimum absolute atomic E-state index is 0.157. The SMILES string of the molecule is Cc1ccc(-c2cccc3c(C(=O)Nc4ccccc4F)cc(C)nc23)cc1. The number of hydrogen-bond acceptors (Lipinski definition) is 2. The largest absolute Gasteiger partial charge is 0.319 e. The van der Waals surface area contributed by atoms with Gasteiger partial charge in [-0.3, -0.25) is 9.78 Å². The van der Waals surface area contributed by atoms with E-state index in [0.717, 1.165) is 27.7 Å². The lowest BCUT2D eigenvalue weighted by molar-refractivity contribution is 0.102. The monoisotopic (exact) mass is 370 g/mol. The third kappa shape index (κ3) is 3.37. The first-order chi connectivity index (χ1) is 13.5. The lowest BCUT2D eigenvalue weighted by atomic mass is 9.98. The quantitative estimate of drug-likeness (QED) is 0.487. The Kier molecular flexibility index (Phi) is 4.62.